The average molecular weight is 279 g/mol. The van der Waals surface area contributed by atoms with Crippen LogP contribution in [0.15, 0.2) is 42.5 Å². The number of hydrogen-bond donors (Lipinski definition) is 2. The standard InChI is InChI=1S/C13H11ClN2O3/c14-12-7-10(16(18)19)4-5-13(12)15-8-9-2-1-3-11(17)6-9/h1-7,15,17H,8H2. The molecule has 0 aliphatic carbocycles. The maximum Gasteiger partial charge on any atom is 0.271 e. The summed E-state index contributed by atoms with van der Waals surface area (Å²) in [5.41, 5.74) is 1.44. The van der Waals surface area contributed by atoms with Crippen molar-refractivity contribution in [3.63, 3.8) is 0 Å². The Labute approximate surface area is 114 Å². The molecule has 0 aliphatic rings. The number of phenolic OH excluding ortho intramolecular Hbond substituents is 1. The van der Waals surface area contributed by atoms with Crippen molar-refractivity contribution in [1.82, 2.24) is 0 Å². The molecule has 0 amide bonds. The van der Waals surface area contributed by atoms with Gasteiger partial charge in [-0.05, 0) is 23.8 Å². The van der Waals surface area contributed by atoms with E-state index in [1.807, 2.05) is 6.07 Å². The molecule has 0 bridgehead atoms. The molecule has 2 aromatic rings. The number of halogens is 1. The molecule has 0 heterocycles. The van der Waals surface area contributed by atoms with Crippen LogP contribution >= 0.6 is 11.6 Å². The van der Waals surface area contributed by atoms with E-state index in [1.54, 1.807) is 24.3 Å². The van der Waals surface area contributed by atoms with E-state index >= 15 is 0 Å². The molecule has 19 heavy (non-hydrogen) atoms. The summed E-state index contributed by atoms with van der Waals surface area (Å²) < 4.78 is 0. The fourth-order valence-electron chi connectivity index (χ4n) is 1.62. The molecule has 0 spiro atoms. The normalized spacial score (nSPS) is 10.2. The van der Waals surface area contributed by atoms with Crippen LogP contribution in [-0.2, 0) is 6.54 Å². The van der Waals surface area contributed by atoms with E-state index in [0.29, 0.717) is 12.2 Å². The molecule has 0 radical (unpaired) electrons. The van der Waals surface area contributed by atoms with E-state index < -0.39 is 4.92 Å². The number of nitro groups is 1. The summed E-state index contributed by atoms with van der Waals surface area (Å²) in [5, 5.41) is 23.3. The van der Waals surface area contributed by atoms with Gasteiger partial charge in [-0.2, -0.15) is 0 Å². The van der Waals surface area contributed by atoms with Gasteiger partial charge in [0.05, 0.1) is 15.6 Å². The minimum absolute atomic E-state index is 0.0482. The van der Waals surface area contributed by atoms with Crippen LogP contribution in [0.5, 0.6) is 5.75 Å². The molecule has 0 atom stereocenters. The molecule has 6 heteroatoms. The zero-order chi connectivity index (χ0) is 13.8. The third-order valence-corrected chi connectivity index (χ3v) is 2.87. The van der Waals surface area contributed by atoms with Crippen molar-refractivity contribution in [2.45, 2.75) is 6.54 Å². The first-order valence-corrected chi connectivity index (χ1v) is 5.90. The Bertz CT molecular complexity index is 617. The lowest BCUT2D eigenvalue weighted by Gasteiger charge is -2.08. The molecule has 0 saturated heterocycles. The lowest BCUT2D eigenvalue weighted by Crippen LogP contribution is -2.00. The third kappa shape index (κ3) is 3.35. The molecule has 0 fully saturated rings. The van der Waals surface area contributed by atoms with Crippen molar-refractivity contribution >= 4 is 23.0 Å². The highest BCUT2D eigenvalue weighted by atomic mass is 35.5. The van der Waals surface area contributed by atoms with Crippen LogP contribution in [0.2, 0.25) is 5.02 Å². The van der Waals surface area contributed by atoms with Gasteiger partial charge in [-0.15, -0.1) is 0 Å². The lowest BCUT2D eigenvalue weighted by atomic mass is 10.2. The van der Waals surface area contributed by atoms with Gasteiger partial charge in [-0.25, -0.2) is 0 Å². The Morgan fingerprint density at radius 2 is 2.05 bits per heavy atom. The average Bonchev–Trinajstić information content (AvgIpc) is 2.37. The smallest absolute Gasteiger partial charge is 0.271 e. The largest absolute Gasteiger partial charge is 0.508 e. The van der Waals surface area contributed by atoms with E-state index in [-0.39, 0.29) is 16.5 Å². The van der Waals surface area contributed by atoms with Crippen molar-refractivity contribution in [2.75, 3.05) is 5.32 Å². The van der Waals surface area contributed by atoms with Gasteiger partial charge in [0.15, 0.2) is 0 Å². The van der Waals surface area contributed by atoms with Crippen molar-refractivity contribution in [1.29, 1.82) is 0 Å². The Balaban J connectivity index is 2.10. The number of nitrogens with zero attached hydrogens (tertiary/aromatic N) is 1. The highest BCUT2D eigenvalue weighted by molar-refractivity contribution is 6.33. The van der Waals surface area contributed by atoms with Gasteiger partial charge in [0.1, 0.15) is 5.75 Å². The second kappa shape index (κ2) is 5.58. The minimum atomic E-state index is -0.495. The zero-order valence-electron chi connectivity index (χ0n) is 9.84. The second-order valence-electron chi connectivity index (χ2n) is 3.94. The fourth-order valence-corrected chi connectivity index (χ4v) is 1.87. The van der Waals surface area contributed by atoms with Crippen molar-refractivity contribution in [3.05, 3.63) is 63.2 Å². The summed E-state index contributed by atoms with van der Waals surface area (Å²) in [6.07, 6.45) is 0. The number of non-ortho nitro benzene ring substituents is 1. The van der Waals surface area contributed by atoms with Gasteiger partial charge in [0, 0.05) is 18.7 Å². The molecular weight excluding hydrogens is 268 g/mol. The fraction of sp³-hybridized carbons (Fsp3) is 0.0769. The summed E-state index contributed by atoms with van der Waals surface area (Å²) in [6, 6.07) is 11.1. The highest BCUT2D eigenvalue weighted by Gasteiger charge is 2.09. The Hall–Kier alpha value is -2.27. The Morgan fingerprint density at radius 1 is 1.26 bits per heavy atom. The van der Waals surface area contributed by atoms with Crippen molar-refractivity contribution in [3.8, 4) is 5.75 Å². The highest BCUT2D eigenvalue weighted by Crippen LogP contribution is 2.27. The van der Waals surface area contributed by atoms with E-state index in [0.717, 1.165) is 5.56 Å². The predicted molar refractivity (Wildman–Crippen MR) is 73.5 cm³/mol. The van der Waals surface area contributed by atoms with Gasteiger partial charge in [0.2, 0.25) is 0 Å². The first-order chi connectivity index (χ1) is 9.06. The van der Waals surface area contributed by atoms with Gasteiger partial charge in [-0.3, -0.25) is 10.1 Å². The van der Waals surface area contributed by atoms with Crippen LogP contribution in [0, 0.1) is 10.1 Å². The Kier molecular flexibility index (Phi) is 3.87. The molecule has 98 valence electrons. The summed E-state index contributed by atoms with van der Waals surface area (Å²) in [6.45, 7) is 0.464. The molecule has 0 saturated carbocycles. The van der Waals surface area contributed by atoms with Gasteiger partial charge < -0.3 is 10.4 Å². The molecule has 2 aromatic carbocycles. The SMILES string of the molecule is O=[N+]([O-])c1ccc(NCc2cccc(O)c2)c(Cl)c1. The molecule has 2 N–H and O–H groups in total. The summed E-state index contributed by atoms with van der Waals surface area (Å²) in [4.78, 5) is 10.1. The summed E-state index contributed by atoms with van der Waals surface area (Å²) >= 11 is 5.95. The van der Waals surface area contributed by atoms with Gasteiger partial charge in [-0.1, -0.05) is 23.7 Å². The number of phenols is 1. The zero-order valence-corrected chi connectivity index (χ0v) is 10.6. The van der Waals surface area contributed by atoms with E-state index in [1.165, 1.54) is 12.1 Å². The van der Waals surface area contributed by atoms with Crippen molar-refractivity contribution < 1.29 is 10.0 Å². The second-order valence-corrected chi connectivity index (χ2v) is 4.35. The number of nitro benzene ring substituents is 1. The van der Waals surface area contributed by atoms with Crippen LogP contribution in [0.1, 0.15) is 5.56 Å². The van der Waals surface area contributed by atoms with Crippen LogP contribution in [0.25, 0.3) is 0 Å². The number of anilines is 1. The Morgan fingerprint density at radius 3 is 2.68 bits per heavy atom. The van der Waals surface area contributed by atoms with Crippen LogP contribution in [0.3, 0.4) is 0 Å². The maximum atomic E-state index is 10.6. The number of rotatable bonds is 4. The minimum Gasteiger partial charge on any atom is -0.508 e. The number of benzene rings is 2. The number of aromatic hydroxyl groups is 1. The summed E-state index contributed by atoms with van der Waals surface area (Å²) in [5.74, 6) is 0.189. The van der Waals surface area contributed by atoms with Crippen LogP contribution in [0.4, 0.5) is 11.4 Å². The first-order valence-electron chi connectivity index (χ1n) is 5.52. The molecule has 0 unspecified atom stereocenters. The number of nitrogens with one attached hydrogen (secondary N) is 1. The quantitative estimate of drug-likeness (QED) is 0.662. The summed E-state index contributed by atoms with van der Waals surface area (Å²) in [7, 11) is 0. The third-order valence-electron chi connectivity index (χ3n) is 2.56. The van der Waals surface area contributed by atoms with Crippen LogP contribution < -0.4 is 5.32 Å². The van der Waals surface area contributed by atoms with Crippen LogP contribution in [-0.4, -0.2) is 10.0 Å². The van der Waals surface area contributed by atoms with Gasteiger partial charge in [0.25, 0.3) is 5.69 Å². The molecular formula is C13H11ClN2O3. The van der Waals surface area contributed by atoms with E-state index in [2.05, 4.69) is 5.32 Å². The monoisotopic (exact) mass is 278 g/mol. The van der Waals surface area contributed by atoms with Crippen molar-refractivity contribution in [2.24, 2.45) is 0 Å². The van der Waals surface area contributed by atoms with Gasteiger partial charge >= 0.3 is 0 Å². The molecule has 2 rings (SSSR count). The lowest BCUT2D eigenvalue weighted by molar-refractivity contribution is -0.384. The topological polar surface area (TPSA) is 75.4 Å². The molecule has 0 aliphatic heterocycles. The molecule has 5 nitrogen and oxygen atoms in total. The number of hydrogen-bond acceptors (Lipinski definition) is 4. The van der Waals surface area contributed by atoms with E-state index in [9.17, 15) is 15.2 Å². The first kappa shape index (κ1) is 13.2. The predicted octanol–water partition coefficient (Wildman–Crippen LogP) is 3.57. The maximum absolute atomic E-state index is 10.6. The molecule has 0 aromatic heterocycles. The van der Waals surface area contributed by atoms with E-state index in [4.69, 9.17) is 11.6 Å².